The molecule has 0 saturated carbocycles. The van der Waals surface area contributed by atoms with E-state index in [1.165, 1.54) is 0 Å². The zero-order valence-electron chi connectivity index (χ0n) is 13.3. The molecule has 1 aromatic heterocycles. The highest BCUT2D eigenvalue weighted by molar-refractivity contribution is 8.00. The van der Waals surface area contributed by atoms with Crippen LogP contribution in [-0.4, -0.2) is 46.5 Å². The summed E-state index contributed by atoms with van der Waals surface area (Å²) >= 11 is 0.772. The topological polar surface area (TPSA) is 241 Å². The monoisotopic (exact) mass is 487 g/mol. The first kappa shape index (κ1) is 23.4. The molecular weight excluding hydrogens is 474 g/mol. The zero-order valence-corrected chi connectivity index (χ0v) is 16.8. The summed E-state index contributed by atoms with van der Waals surface area (Å²) in [7, 11) is -16.1. The summed E-state index contributed by atoms with van der Waals surface area (Å²) in [6.07, 6.45) is -2.36. The smallest absolute Gasteiger partial charge is 0.383 e. The lowest BCUT2D eigenvalue weighted by molar-refractivity contribution is 0.0203. The van der Waals surface area contributed by atoms with E-state index in [0.717, 1.165) is 11.8 Å². The first-order valence-electron chi connectivity index (χ1n) is 6.80. The van der Waals surface area contributed by atoms with Crippen molar-refractivity contribution < 1.29 is 51.0 Å². The van der Waals surface area contributed by atoms with Gasteiger partial charge in [-0.1, -0.05) is 0 Å². The Kier molecular flexibility index (Phi) is 6.81. The van der Waals surface area contributed by atoms with E-state index >= 15 is 0 Å². The number of rotatable bonds is 7. The van der Waals surface area contributed by atoms with E-state index in [4.69, 9.17) is 25.2 Å². The Morgan fingerprint density at radius 1 is 1.25 bits per heavy atom. The maximum atomic E-state index is 13.6. The third-order valence-electron chi connectivity index (χ3n) is 2.95. The molecule has 2 heterocycles. The Hall–Kier alpha value is -0.830. The van der Waals surface area contributed by atoms with E-state index in [9.17, 15) is 32.6 Å². The number of thioether (sulfide) groups is 1. The van der Waals surface area contributed by atoms with Crippen molar-refractivity contribution in [2.24, 2.45) is 0 Å². The largest absolute Gasteiger partial charge is 0.488 e. The van der Waals surface area contributed by atoms with Crippen LogP contribution in [0, 0.1) is 5.82 Å². The summed E-state index contributed by atoms with van der Waals surface area (Å²) in [5.41, 5.74) is 1.33. The van der Waals surface area contributed by atoms with Crippen LogP contribution >= 0.6 is 35.0 Å². The summed E-state index contributed by atoms with van der Waals surface area (Å²) in [4.78, 5) is 61.1. The van der Waals surface area contributed by atoms with Crippen LogP contribution in [0.2, 0.25) is 0 Å². The summed E-state index contributed by atoms with van der Waals surface area (Å²) in [5.74, 6) is -2.39. The Bertz CT molecular complexity index is 1020. The number of nitrogen functional groups attached to an aromatic ring is 1. The van der Waals surface area contributed by atoms with Gasteiger partial charge in [0, 0.05) is 5.75 Å². The van der Waals surface area contributed by atoms with Gasteiger partial charge in [0.1, 0.15) is 11.3 Å². The fourth-order valence-corrected chi connectivity index (χ4v) is 7.29. The number of ether oxygens (including phenoxy) is 1. The number of phosphoric acid groups is 2. The van der Waals surface area contributed by atoms with Gasteiger partial charge in [-0.3, -0.25) is 14.3 Å². The average molecular weight is 487 g/mol. The summed E-state index contributed by atoms with van der Waals surface area (Å²) < 4.78 is 60.2. The first-order chi connectivity index (χ1) is 12.6. The second-order valence-electron chi connectivity index (χ2n) is 5.13. The number of nitrogens with one attached hydrogen (secondary N) is 1. The van der Waals surface area contributed by atoms with Gasteiger partial charge in [-0.2, -0.15) is 8.70 Å². The highest BCUT2D eigenvalue weighted by Crippen LogP contribution is 2.66. The van der Waals surface area contributed by atoms with Crippen molar-refractivity contribution >= 4 is 40.8 Å². The Balaban J connectivity index is 2.11. The van der Waals surface area contributed by atoms with Gasteiger partial charge in [0.15, 0.2) is 6.23 Å². The molecule has 4 atom stereocenters. The Morgan fingerprint density at radius 2 is 1.86 bits per heavy atom. The second-order valence-corrected chi connectivity index (χ2v) is 11.2. The van der Waals surface area contributed by atoms with Gasteiger partial charge in [0.05, 0.1) is 6.16 Å². The quantitative estimate of drug-likeness (QED) is 0.260. The molecule has 1 saturated heterocycles. The molecule has 2 rings (SSSR count). The number of H-pyrrole nitrogens is 1. The maximum Gasteiger partial charge on any atom is 0.488 e. The molecule has 0 bridgehead atoms. The third kappa shape index (κ3) is 6.08. The summed E-state index contributed by atoms with van der Waals surface area (Å²) in [6.45, 7) is 0. The van der Waals surface area contributed by atoms with Crippen molar-refractivity contribution in [1.29, 1.82) is 0 Å². The molecule has 28 heavy (non-hydrogen) atoms. The molecule has 0 spiro atoms. The van der Waals surface area contributed by atoms with Crippen LogP contribution in [0.1, 0.15) is 6.23 Å². The van der Waals surface area contributed by atoms with Crippen molar-refractivity contribution in [2.45, 2.75) is 11.7 Å². The van der Waals surface area contributed by atoms with Crippen molar-refractivity contribution in [3.05, 3.63) is 26.7 Å². The fourth-order valence-electron chi connectivity index (χ4n) is 2.01. The molecule has 0 aromatic carbocycles. The lowest BCUT2D eigenvalue weighted by Crippen LogP contribution is -2.41. The minimum atomic E-state index is -5.61. The Morgan fingerprint density at radius 3 is 2.43 bits per heavy atom. The van der Waals surface area contributed by atoms with Crippen LogP contribution in [0.3, 0.4) is 0 Å². The predicted molar refractivity (Wildman–Crippen MR) is 90.8 cm³/mol. The van der Waals surface area contributed by atoms with Crippen LogP contribution in [-0.2, 0) is 27.1 Å². The number of anilines is 1. The fraction of sp³-hybridized carbons (Fsp3) is 0.500. The Labute approximate surface area is 158 Å². The zero-order chi connectivity index (χ0) is 21.5. The average Bonchev–Trinajstić information content (AvgIpc) is 2.88. The highest BCUT2D eigenvalue weighted by Gasteiger charge is 2.42. The minimum Gasteiger partial charge on any atom is -0.383 e. The first-order valence-corrected chi connectivity index (χ1v) is 12.6. The van der Waals surface area contributed by atoms with Gasteiger partial charge in [-0.05, 0) is 0 Å². The normalized spacial score (nSPS) is 24.6. The molecule has 0 radical (unpaired) electrons. The number of hydrogen-bond acceptors (Lipinski definition) is 10. The van der Waals surface area contributed by atoms with E-state index in [1.807, 2.05) is 4.98 Å². The molecule has 1 aromatic rings. The maximum absolute atomic E-state index is 13.6. The number of halogens is 1. The van der Waals surface area contributed by atoms with Crippen LogP contribution in [0.5, 0.6) is 0 Å². The van der Waals surface area contributed by atoms with Crippen molar-refractivity contribution in [2.75, 3.05) is 17.6 Å². The third-order valence-corrected chi connectivity index (χ3v) is 8.63. The molecule has 2 unspecified atom stereocenters. The number of aromatic amines is 1. The van der Waals surface area contributed by atoms with E-state index in [2.05, 4.69) is 8.62 Å². The standard InChI is InChI=1S/C8H13FN3O12P3S/c9-5-6(10)11-8(14)12(7(5)13)3-2-28-4(22-3)1-25(15,16)23-27(20,21)24-26(17,18)19/h3-4H,1-2,10H2,(H,11,14)(H,15,16)(H,20,21)(H2,17,18,19)/t3-,4+/m0/s1. The molecule has 15 nitrogen and oxygen atoms in total. The number of nitrogens with zero attached hydrogens (tertiary/aromatic N) is 1. The van der Waals surface area contributed by atoms with Crippen LogP contribution in [0.25, 0.3) is 0 Å². The van der Waals surface area contributed by atoms with Gasteiger partial charge in [0.2, 0.25) is 5.82 Å². The molecule has 0 aliphatic carbocycles. The number of aromatic nitrogens is 2. The predicted octanol–water partition coefficient (Wildman–Crippen LogP) is -0.742. The van der Waals surface area contributed by atoms with Crippen LogP contribution in [0.4, 0.5) is 10.2 Å². The molecule has 1 aliphatic heterocycles. The lowest BCUT2D eigenvalue weighted by Gasteiger charge is -2.19. The van der Waals surface area contributed by atoms with Crippen LogP contribution in [0.15, 0.2) is 9.59 Å². The summed E-state index contributed by atoms with van der Waals surface area (Å²) in [5, 5.41) is 0. The summed E-state index contributed by atoms with van der Waals surface area (Å²) in [6, 6.07) is 0. The van der Waals surface area contributed by atoms with Gasteiger partial charge in [-0.15, -0.1) is 11.8 Å². The van der Waals surface area contributed by atoms with Crippen molar-refractivity contribution in [3.8, 4) is 0 Å². The molecule has 1 aliphatic rings. The molecule has 20 heteroatoms. The molecule has 7 N–H and O–H groups in total. The van der Waals surface area contributed by atoms with Crippen LogP contribution < -0.4 is 17.0 Å². The second kappa shape index (κ2) is 8.13. The van der Waals surface area contributed by atoms with E-state index < -0.39 is 64.0 Å². The van der Waals surface area contributed by atoms with Gasteiger partial charge in [0.25, 0.3) is 5.56 Å². The van der Waals surface area contributed by atoms with Gasteiger partial charge < -0.3 is 30.0 Å². The van der Waals surface area contributed by atoms with E-state index in [-0.39, 0.29) is 5.75 Å². The van der Waals surface area contributed by atoms with Crippen molar-refractivity contribution in [1.82, 2.24) is 9.55 Å². The SMILES string of the molecule is Nc1[nH]c(=O)n([C@@H]2CS[C@H](CP(=O)(O)OP(=O)(O)OP(=O)(O)O)O2)c(=O)c1F. The lowest BCUT2D eigenvalue weighted by atomic mass is 10.5. The minimum absolute atomic E-state index is 0.160. The van der Waals surface area contributed by atoms with Gasteiger partial charge in [-0.25, -0.2) is 22.8 Å². The molecular formula is C8H13FN3O12P3S. The van der Waals surface area contributed by atoms with E-state index in [1.54, 1.807) is 0 Å². The number of nitrogens with two attached hydrogens (primary N) is 1. The van der Waals surface area contributed by atoms with Gasteiger partial charge >= 0.3 is 28.9 Å². The van der Waals surface area contributed by atoms with E-state index in [0.29, 0.717) is 4.57 Å². The molecule has 0 amide bonds. The molecule has 1 fully saturated rings. The highest BCUT2D eigenvalue weighted by atomic mass is 32.2. The molecule has 160 valence electrons. The number of hydrogen-bond donors (Lipinski definition) is 6. The van der Waals surface area contributed by atoms with Crippen molar-refractivity contribution in [3.63, 3.8) is 0 Å².